The van der Waals surface area contributed by atoms with Crippen molar-refractivity contribution in [3.05, 3.63) is 0 Å². The van der Waals surface area contributed by atoms with E-state index in [2.05, 4.69) is 12.2 Å². The van der Waals surface area contributed by atoms with Crippen LogP contribution in [0.25, 0.3) is 0 Å². The minimum absolute atomic E-state index is 0.226. The predicted octanol–water partition coefficient (Wildman–Crippen LogP) is 0.746. The first kappa shape index (κ1) is 8.97. The quantitative estimate of drug-likeness (QED) is 0.612. The Labute approximate surface area is 68.1 Å². The number of hydrogen-bond donors (Lipinski definition) is 1. The lowest BCUT2D eigenvalue weighted by Gasteiger charge is -2.39. The van der Waals surface area contributed by atoms with Gasteiger partial charge < -0.3 is 14.8 Å². The van der Waals surface area contributed by atoms with E-state index in [0.717, 1.165) is 6.61 Å². The molecular formula is C8H17NO2. The Hall–Kier alpha value is -0.120. The minimum atomic E-state index is -0.410. The van der Waals surface area contributed by atoms with E-state index in [1.54, 1.807) is 0 Å². The highest BCUT2D eigenvalue weighted by molar-refractivity contribution is 4.78. The molecule has 0 aromatic carbocycles. The molecule has 0 spiro atoms. The lowest BCUT2D eigenvalue weighted by Crippen LogP contribution is -2.52. The van der Waals surface area contributed by atoms with E-state index in [-0.39, 0.29) is 6.10 Å². The second kappa shape index (κ2) is 3.09. The van der Waals surface area contributed by atoms with E-state index in [1.165, 1.54) is 0 Å². The molecule has 0 amide bonds. The van der Waals surface area contributed by atoms with E-state index < -0.39 is 5.79 Å². The lowest BCUT2D eigenvalue weighted by atomic mass is 10.1. The van der Waals surface area contributed by atoms with Crippen LogP contribution in [0.15, 0.2) is 0 Å². The Kier molecular flexibility index (Phi) is 2.52. The molecule has 1 N–H and O–H groups in total. The van der Waals surface area contributed by atoms with Gasteiger partial charge >= 0.3 is 0 Å². The van der Waals surface area contributed by atoms with E-state index >= 15 is 0 Å². The summed E-state index contributed by atoms with van der Waals surface area (Å²) < 4.78 is 11.0. The average molecular weight is 159 g/mol. The lowest BCUT2D eigenvalue weighted by molar-refractivity contribution is -0.278. The highest BCUT2D eigenvalue weighted by Gasteiger charge is 2.32. The zero-order valence-electron chi connectivity index (χ0n) is 7.68. The molecule has 3 heteroatoms. The maximum Gasteiger partial charge on any atom is 0.163 e. The third-order valence-corrected chi connectivity index (χ3v) is 2.02. The van der Waals surface area contributed by atoms with Gasteiger partial charge in [0.15, 0.2) is 5.79 Å². The van der Waals surface area contributed by atoms with Crippen LogP contribution in [-0.2, 0) is 9.47 Å². The highest BCUT2D eigenvalue weighted by atomic mass is 16.7. The van der Waals surface area contributed by atoms with E-state index in [0.29, 0.717) is 6.04 Å². The van der Waals surface area contributed by atoms with Crippen molar-refractivity contribution < 1.29 is 9.47 Å². The molecule has 2 atom stereocenters. The summed E-state index contributed by atoms with van der Waals surface area (Å²) in [6, 6.07) is 0.322. The molecule has 0 bridgehead atoms. The first-order valence-corrected chi connectivity index (χ1v) is 4.04. The summed E-state index contributed by atoms with van der Waals surface area (Å²) in [5.74, 6) is -0.410. The Morgan fingerprint density at radius 3 is 2.55 bits per heavy atom. The molecule has 2 unspecified atom stereocenters. The smallest absolute Gasteiger partial charge is 0.163 e. The van der Waals surface area contributed by atoms with Gasteiger partial charge in [0.25, 0.3) is 0 Å². The molecule has 3 nitrogen and oxygen atoms in total. The molecule has 0 aliphatic carbocycles. The Bertz CT molecular complexity index is 136. The predicted molar refractivity (Wildman–Crippen MR) is 43.4 cm³/mol. The third-order valence-electron chi connectivity index (χ3n) is 2.02. The Balaban J connectivity index is 2.48. The molecule has 11 heavy (non-hydrogen) atoms. The van der Waals surface area contributed by atoms with Gasteiger partial charge in [-0.05, 0) is 27.8 Å². The van der Waals surface area contributed by atoms with Crippen molar-refractivity contribution in [2.75, 3.05) is 13.7 Å². The number of likely N-dealkylation sites (N-methyl/N-ethyl adjacent to an activating group) is 1. The van der Waals surface area contributed by atoms with Crippen LogP contribution >= 0.6 is 0 Å². The number of ether oxygens (including phenoxy) is 2. The zero-order chi connectivity index (χ0) is 8.48. The van der Waals surface area contributed by atoms with Crippen LogP contribution in [0, 0.1) is 0 Å². The molecule has 1 aliphatic heterocycles. The maximum absolute atomic E-state index is 5.59. The van der Waals surface area contributed by atoms with E-state index in [4.69, 9.17) is 9.47 Å². The highest BCUT2D eigenvalue weighted by Crippen LogP contribution is 2.21. The van der Waals surface area contributed by atoms with E-state index in [1.807, 2.05) is 20.9 Å². The van der Waals surface area contributed by atoms with Crippen LogP contribution in [0.1, 0.15) is 20.8 Å². The maximum atomic E-state index is 5.59. The molecule has 0 saturated carbocycles. The summed E-state index contributed by atoms with van der Waals surface area (Å²) in [4.78, 5) is 0. The van der Waals surface area contributed by atoms with Crippen LogP contribution in [0.3, 0.4) is 0 Å². The van der Waals surface area contributed by atoms with Crippen molar-refractivity contribution in [1.29, 1.82) is 0 Å². The van der Waals surface area contributed by atoms with Gasteiger partial charge in [-0.15, -0.1) is 0 Å². The molecule has 1 aliphatic rings. The first-order valence-electron chi connectivity index (χ1n) is 4.04. The molecule has 1 rings (SSSR count). The van der Waals surface area contributed by atoms with Crippen molar-refractivity contribution in [3.63, 3.8) is 0 Å². The monoisotopic (exact) mass is 159 g/mol. The van der Waals surface area contributed by atoms with Crippen molar-refractivity contribution in [3.8, 4) is 0 Å². The van der Waals surface area contributed by atoms with Gasteiger partial charge in [-0.2, -0.15) is 0 Å². The Morgan fingerprint density at radius 1 is 1.45 bits per heavy atom. The first-order chi connectivity index (χ1) is 5.05. The second-order valence-corrected chi connectivity index (χ2v) is 3.43. The van der Waals surface area contributed by atoms with Crippen LogP contribution in [0.4, 0.5) is 0 Å². The van der Waals surface area contributed by atoms with Crippen molar-refractivity contribution in [2.24, 2.45) is 0 Å². The fourth-order valence-electron chi connectivity index (χ4n) is 1.31. The molecular weight excluding hydrogens is 142 g/mol. The summed E-state index contributed by atoms with van der Waals surface area (Å²) in [7, 11) is 1.92. The molecule has 1 heterocycles. The number of rotatable bonds is 1. The number of hydrogen-bond acceptors (Lipinski definition) is 3. The summed E-state index contributed by atoms with van der Waals surface area (Å²) in [6.45, 7) is 6.67. The normalized spacial score (nSPS) is 37.1. The van der Waals surface area contributed by atoms with Gasteiger partial charge in [-0.1, -0.05) is 0 Å². The van der Waals surface area contributed by atoms with Gasteiger partial charge in [0.05, 0.1) is 18.8 Å². The molecule has 1 saturated heterocycles. The third kappa shape index (κ3) is 2.15. The van der Waals surface area contributed by atoms with Gasteiger partial charge in [0, 0.05) is 0 Å². The zero-order valence-corrected chi connectivity index (χ0v) is 7.68. The van der Waals surface area contributed by atoms with Crippen LogP contribution in [-0.4, -0.2) is 31.6 Å². The molecule has 0 radical (unpaired) electrons. The summed E-state index contributed by atoms with van der Waals surface area (Å²) in [6.07, 6.45) is 0.226. The standard InChI is InChI=1S/C8H17NO2/c1-6-7(9-4)5-10-8(2,3)11-6/h6-7,9H,5H2,1-4H3. The van der Waals surface area contributed by atoms with Crippen LogP contribution in [0.5, 0.6) is 0 Å². The fraction of sp³-hybridized carbons (Fsp3) is 1.00. The second-order valence-electron chi connectivity index (χ2n) is 3.43. The largest absolute Gasteiger partial charge is 0.349 e. The molecule has 66 valence electrons. The summed E-state index contributed by atoms with van der Waals surface area (Å²) >= 11 is 0. The average Bonchev–Trinajstić information content (AvgIpc) is 1.86. The Morgan fingerprint density at radius 2 is 2.09 bits per heavy atom. The van der Waals surface area contributed by atoms with Gasteiger partial charge in [-0.3, -0.25) is 0 Å². The molecule has 1 fully saturated rings. The number of nitrogens with one attached hydrogen (secondary N) is 1. The summed E-state index contributed by atoms with van der Waals surface area (Å²) in [5.41, 5.74) is 0. The molecule has 0 aromatic rings. The molecule has 0 aromatic heterocycles. The van der Waals surface area contributed by atoms with Crippen molar-refractivity contribution in [1.82, 2.24) is 5.32 Å². The van der Waals surface area contributed by atoms with Crippen LogP contribution < -0.4 is 5.32 Å². The van der Waals surface area contributed by atoms with Gasteiger partial charge in [0.2, 0.25) is 0 Å². The minimum Gasteiger partial charge on any atom is -0.349 e. The van der Waals surface area contributed by atoms with E-state index in [9.17, 15) is 0 Å². The topological polar surface area (TPSA) is 30.5 Å². The van der Waals surface area contributed by atoms with Gasteiger partial charge in [0.1, 0.15) is 0 Å². The summed E-state index contributed by atoms with van der Waals surface area (Å²) in [5, 5.41) is 3.14. The van der Waals surface area contributed by atoms with Crippen molar-refractivity contribution in [2.45, 2.75) is 38.7 Å². The van der Waals surface area contributed by atoms with Crippen molar-refractivity contribution >= 4 is 0 Å². The van der Waals surface area contributed by atoms with Crippen LogP contribution in [0.2, 0.25) is 0 Å². The fourth-order valence-corrected chi connectivity index (χ4v) is 1.31. The van der Waals surface area contributed by atoms with Gasteiger partial charge in [-0.25, -0.2) is 0 Å². The SMILES string of the molecule is CNC1COC(C)(C)OC1C.